The quantitative estimate of drug-likeness (QED) is 0.154. The molecule has 354 valence electrons. The Bertz CT molecular complexity index is 2260. The molecule has 0 unspecified atom stereocenters. The summed E-state index contributed by atoms with van der Waals surface area (Å²) < 4.78 is 184. The molecule has 0 bridgehead atoms. The minimum atomic E-state index is -4.98. The number of halogens is 14. The average Bonchev–Trinajstić information content (AvgIpc) is 3.20. The summed E-state index contributed by atoms with van der Waals surface area (Å²) in [5.41, 5.74) is -3.56. The fraction of sp³-hybridized carbons (Fsp3) is 0.422. The van der Waals surface area contributed by atoms with Gasteiger partial charge in [-0.05, 0) is 134 Å². The highest BCUT2D eigenvalue weighted by molar-refractivity contribution is 5.80. The third-order valence-electron chi connectivity index (χ3n) is 11.4. The maximum Gasteiger partial charge on any atom is 0.416 e. The van der Waals surface area contributed by atoms with Crippen LogP contribution in [0.4, 0.5) is 61.5 Å². The van der Waals surface area contributed by atoms with Gasteiger partial charge in [0.15, 0.2) is 0 Å². The molecule has 65 heavy (non-hydrogen) atoms. The molecule has 2 aliphatic heterocycles. The van der Waals surface area contributed by atoms with Crippen LogP contribution in [0.2, 0.25) is 0 Å². The van der Waals surface area contributed by atoms with E-state index in [-0.39, 0.29) is 41.1 Å². The zero-order valence-corrected chi connectivity index (χ0v) is 34.9. The maximum atomic E-state index is 13.5. The molecule has 0 aliphatic carbocycles. The monoisotopic (exact) mass is 938 g/mol. The first-order valence-electron chi connectivity index (χ1n) is 20.2. The van der Waals surface area contributed by atoms with Gasteiger partial charge in [0.2, 0.25) is 11.8 Å². The van der Waals surface area contributed by atoms with Crippen molar-refractivity contribution >= 4 is 11.8 Å². The first-order chi connectivity index (χ1) is 30.1. The lowest BCUT2D eigenvalue weighted by Crippen LogP contribution is -2.49. The number of nitrogens with zero attached hydrogens (tertiary/aromatic N) is 1. The predicted molar refractivity (Wildman–Crippen MR) is 212 cm³/mol. The number of alkyl halides is 12. The normalized spacial score (nSPS) is 19.5. The third-order valence-corrected chi connectivity index (χ3v) is 11.4. The minimum Gasteiger partial charge on any atom is -0.352 e. The number of rotatable bonds is 8. The van der Waals surface area contributed by atoms with Crippen molar-refractivity contribution in [3.63, 3.8) is 0 Å². The zero-order chi connectivity index (χ0) is 48.2. The van der Waals surface area contributed by atoms with Crippen LogP contribution in [-0.2, 0) is 47.1 Å². The Balaban J connectivity index is 0.000000244. The molecular weight excluding hydrogens is 894 g/mol. The van der Waals surface area contributed by atoms with Crippen molar-refractivity contribution in [1.29, 1.82) is 0 Å². The lowest BCUT2D eigenvalue weighted by Gasteiger charge is -2.39. The van der Waals surface area contributed by atoms with Gasteiger partial charge in [-0.3, -0.25) is 9.59 Å². The van der Waals surface area contributed by atoms with Crippen molar-refractivity contribution in [3.8, 4) is 0 Å². The topological polar surface area (TPSA) is 73.5 Å². The van der Waals surface area contributed by atoms with Gasteiger partial charge in [0.25, 0.3) is 0 Å². The Morgan fingerprint density at radius 1 is 0.585 bits per heavy atom. The zero-order valence-electron chi connectivity index (χ0n) is 34.9. The molecular formula is C45H44F14N4O2. The second-order valence-corrected chi connectivity index (χ2v) is 16.1. The molecule has 20 heteroatoms. The molecule has 2 heterocycles. The molecule has 3 N–H and O–H groups in total. The fourth-order valence-corrected chi connectivity index (χ4v) is 8.26. The molecule has 4 atom stereocenters. The fourth-order valence-electron chi connectivity index (χ4n) is 8.26. The van der Waals surface area contributed by atoms with E-state index < -0.39 is 89.3 Å². The van der Waals surface area contributed by atoms with Crippen LogP contribution in [0, 0.1) is 25.5 Å². The predicted octanol–water partition coefficient (Wildman–Crippen LogP) is 10.3. The summed E-state index contributed by atoms with van der Waals surface area (Å²) in [6.07, 6.45) is -20.1. The van der Waals surface area contributed by atoms with Crippen molar-refractivity contribution in [1.82, 2.24) is 20.9 Å². The lowest BCUT2D eigenvalue weighted by molar-refractivity contribution is -0.144. The van der Waals surface area contributed by atoms with Crippen molar-refractivity contribution < 1.29 is 71.1 Å². The average molecular weight is 939 g/mol. The molecule has 0 spiro atoms. The molecule has 0 aromatic heterocycles. The summed E-state index contributed by atoms with van der Waals surface area (Å²) in [6.45, 7) is 5.61. The van der Waals surface area contributed by atoms with Gasteiger partial charge in [0.05, 0.1) is 35.1 Å². The summed E-state index contributed by atoms with van der Waals surface area (Å²) in [5, 5.41) is 9.14. The smallest absolute Gasteiger partial charge is 0.352 e. The van der Waals surface area contributed by atoms with Crippen LogP contribution in [-0.4, -0.2) is 62.0 Å². The van der Waals surface area contributed by atoms with E-state index in [2.05, 4.69) is 16.0 Å². The molecule has 2 fully saturated rings. The molecule has 4 aromatic rings. The molecule has 2 aliphatic rings. The van der Waals surface area contributed by atoms with Crippen LogP contribution in [0.3, 0.4) is 0 Å². The number of hydrogen-bond acceptors (Lipinski definition) is 4. The molecule has 0 saturated carbocycles. The minimum absolute atomic E-state index is 0.0293. The highest BCUT2D eigenvalue weighted by atomic mass is 19.4. The van der Waals surface area contributed by atoms with E-state index in [1.807, 2.05) is 0 Å². The van der Waals surface area contributed by atoms with Gasteiger partial charge >= 0.3 is 24.7 Å². The maximum absolute atomic E-state index is 13.5. The van der Waals surface area contributed by atoms with E-state index in [4.69, 9.17) is 0 Å². The summed E-state index contributed by atoms with van der Waals surface area (Å²) in [4.78, 5) is 26.9. The highest BCUT2D eigenvalue weighted by Crippen LogP contribution is 2.39. The van der Waals surface area contributed by atoms with E-state index in [0.29, 0.717) is 74.4 Å². The van der Waals surface area contributed by atoms with Gasteiger partial charge in [0, 0.05) is 44.1 Å². The van der Waals surface area contributed by atoms with E-state index in [1.54, 1.807) is 26.0 Å². The Kier molecular flexibility index (Phi) is 15.7. The van der Waals surface area contributed by atoms with Crippen molar-refractivity contribution in [2.24, 2.45) is 0 Å². The van der Waals surface area contributed by atoms with Crippen LogP contribution in [0.15, 0.2) is 72.8 Å². The van der Waals surface area contributed by atoms with E-state index in [0.717, 1.165) is 11.1 Å². The van der Waals surface area contributed by atoms with Gasteiger partial charge < -0.3 is 20.9 Å². The number of nitrogens with one attached hydrogen (secondary N) is 3. The standard InChI is InChI=1S/C23H23F7N2O.C22H21F7N2O/c1-13-7-17(24)3-4-18(13)19-12-31-6-5-20(19)32(2)21(33)10-14-8-15(22(25,26)27)11-16(9-14)23(28,29)30;1-12-6-16(23)2-3-17(12)18-11-30-5-4-19(18)31-20(32)9-13-7-14(21(24,25)26)10-15(8-13)22(27,28)29/h3-4,7-9,11,19-20,31H,5-6,10,12H2,1-2H3;2-3,6-8,10,18-19,30H,4-5,9,11H2,1H3,(H,31,32)/t19-,20+;18-,19+/m01/s1. The summed E-state index contributed by atoms with van der Waals surface area (Å²) in [6, 6.07) is 10.2. The Morgan fingerprint density at radius 2 is 0.985 bits per heavy atom. The number of amides is 2. The largest absolute Gasteiger partial charge is 0.416 e. The number of carbonyl (C=O) groups excluding carboxylic acids is 2. The van der Waals surface area contributed by atoms with Gasteiger partial charge in [0.1, 0.15) is 11.6 Å². The molecule has 2 saturated heterocycles. The van der Waals surface area contributed by atoms with Crippen LogP contribution in [0.1, 0.15) is 80.3 Å². The Hall–Kier alpha value is -5.24. The Morgan fingerprint density at radius 3 is 1.42 bits per heavy atom. The summed E-state index contributed by atoms with van der Waals surface area (Å²) in [5.74, 6) is -2.51. The SMILES string of the molecule is Cc1cc(F)ccc1[C@@H]1CNCC[C@H]1N(C)C(=O)Cc1cc(C(F)(F)F)cc(C(F)(F)F)c1.Cc1cc(F)ccc1[C@H]1CNCC[C@@H]1NC(=O)Cc1cc(C(F)(F)F)cc(C(F)(F)F)c1. The van der Waals surface area contributed by atoms with E-state index >= 15 is 0 Å². The number of carbonyl (C=O) groups is 2. The summed E-state index contributed by atoms with van der Waals surface area (Å²) >= 11 is 0. The number of piperidine rings is 2. The molecule has 0 radical (unpaired) electrons. The molecule has 4 aromatic carbocycles. The number of hydrogen-bond donors (Lipinski definition) is 3. The molecule has 6 nitrogen and oxygen atoms in total. The number of benzene rings is 4. The lowest BCUT2D eigenvalue weighted by atomic mass is 9.83. The molecule has 2 amide bonds. The van der Waals surface area contributed by atoms with E-state index in [9.17, 15) is 71.1 Å². The number of aryl methyl sites for hydroxylation is 2. The van der Waals surface area contributed by atoms with Gasteiger partial charge in [-0.15, -0.1) is 0 Å². The van der Waals surface area contributed by atoms with Gasteiger partial charge in [-0.2, -0.15) is 52.7 Å². The highest BCUT2D eigenvalue weighted by Gasteiger charge is 2.39. The van der Waals surface area contributed by atoms with Crippen LogP contribution in [0.5, 0.6) is 0 Å². The van der Waals surface area contributed by atoms with Gasteiger partial charge in [-0.25, -0.2) is 8.78 Å². The second kappa shape index (κ2) is 20.1. The van der Waals surface area contributed by atoms with Crippen molar-refractivity contribution in [2.45, 2.75) is 88.2 Å². The van der Waals surface area contributed by atoms with Crippen molar-refractivity contribution in [2.75, 3.05) is 33.2 Å². The second-order valence-electron chi connectivity index (χ2n) is 16.1. The van der Waals surface area contributed by atoms with Crippen molar-refractivity contribution in [3.05, 3.63) is 140 Å². The first kappa shape index (κ1) is 50.8. The van der Waals surface area contributed by atoms with Gasteiger partial charge in [-0.1, -0.05) is 12.1 Å². The summed E-state index contributed by atoms with van der Waals surface area (Å²) in [7, 11) is 1.49. The third kappa shape index (κ3) is 13.4. The van der Waals surface area contributed by atoms with Crippen LogP contribution < -0.4 is 16.0 Å². The molecule has 6 rings (SSSR count). The first-order valence-corrected chi connectivity index (χ1v) is 20.2. The van der Waals surface area contributed by atoms with E-state index in [1.165, 1.54) is 36.2 Å². The Labute approximate surface area is 364 Å². The van der Waals surface area contributed by atoms with Crippen LogP contribution in [0.25, 0.3) is 0 Å². The van der Waals surface area contributed by atoms with Crippen LogP contribution >= 0.6 is 0 Å². The number of likely N-dealkylation sites (N-methyl/N-ethyl adjacent to an activating group) is 1.